The molecule has 0 radical (unpaired) electrons. The average molecular weight is 496 g/mol. The molecule has 8 nitrogen and oxygen atoms in total. The summed E-state index contributed by atoms with van der Waals surface area (Å²) in [5, 5.41) is 24.4. The molecule has 7 atom stereocenters. The molecular weight excluding hydrogens is 458 g/mol. The van der Waals surface area contributed by atoms with Crippen LogP contribution in [0.3, 0.4) is 0 Å². The van der Waals surface area contributed by atoms with Crippen molar-refractivity contribution in [2.75, 3.05) is 13.2 Å². The SMILES string of the molecule is C/C(=C\c1csc(C)n1)[C@@H]1C[C@@H]2O[C@@H]2COC[C@H](C)[C@H](O)[C@@H](C)C(=O)C(C)(C)[C@@H](O)CC(=O)O1. The van der Waals surface area contributed by atoms with E-state index in [-0.39, 0.29) is 36.9 Å². The fourth-order valence-electron chi connectivity index (χ4n) is 4.33. The summed E-state index contributed by atoms with van der Waals surface area (Å²) in [6, 6.07) is 0. The highest BCUT2D eigenvalue weighted by Crippen LogP contribution is 2.34. The Morgan fingerprint density at radius 3 is 2.56 bits per heavy atom. The minimum absolute atomic E-state index is 0.114. The largest absolute Gasteiger partial charge is 0.458 e. The van der Waals surface area contributed by atoms with Crippen molar-refractivity contribution in [3.05, 3.63) is 21.7 Å². The topological polar surface area (TPSA) is 118 Å². The fraction of sp³-hybridized carbons (Fsp3) is 0.720. The second kappa shape index (κ2) is 11.0. The standard InChI is InChI=1S/C25H37NO7S/c1-13(7-17-12-34-16(4)26-17)18-8-19-20(32-19)11-31-10-14(2)23(29)15(3)24(30)25(5,6)21(27)9-22(28)33-18/h7,12,14-15,18-21,23,27,29H,8-11H2,1-6H3/b13-7+/t14-,15+,18-,19-,20+,21-,23-/m0/s1. The van der Waals surface area contributed by atoms with Gasteiger partial charge in [-0.05, 0) is 25.5 Å². The van der Waals surface area contributed by atoms with Crippen LogP contribution in [0.4, 0.5) is 0 Å². The Morgan fingerprint density at radius 2 is 1.91 bits per heavy atom. The number of epoxide rings is 1. The molecule has 0 bridgehead atoms. The Labute approximate surface area is 205 Å². The Kier molecular flexibility index (Phi) is 8.68. The van der Waals surface area contributed by atoms with Crippen LogP contribution in [0.15, 0.2) is 11.0 Å². The van der Waals surface area contributed by atoms with E-state index < -0.39 is 35.6 Å². The first kappa shape index (κ1) is 26.9. The van der Waals surface area contributed by atoms with Crippen LogP contribution in [0.2, 0.25) is 0 Å². The summed E-state index contributed by atoms with van der Waals surface area (Å²) in [4.78, 5) is 30.4. The van der Waals surface area contributed by atoms with Crippen LogP contribution in [0.5, 0.6) is 0 Å². The molecule has 0 aliphatic carbocycles. The molecule has 2 saturated heterocycles. The number of aromatic nitrogens is 1. The van der Waals surface area contributed by atoms with E-state index in [0.717, 1.165) is 16.3 Å². The predicted molar refractivity (Wildman–Crippen MR) is 128 cm³/mol. The van der Waals surface area contributed by atoms with Crippen molar-refractivity contribution in [3.8, 4) is 0 Å². The zero-order valence-electron chi connectivity index (χ0n) is 20.8. The number of cyclic esters (lactones) is 1. The van der Waals surface area contributed by atoms with Crippen molar-refractivity contribution in [1.29, 1.82) is 0 Å². The van der Waals surface area contributed by atoms with Crippen molar-refractivity contribution in [3.63, 3.8) is 0 Å². The molecule has 2 aliphatic rings. The number of hydrogen-bond donors (Lipinski definition) is 2. The first-order valence-corrected chi connectivity index (χ1v) is 12.7. The van der Waals surface area contributed by atoms with Crippen LogP contribution < -0.4 is 0 Å². The second-order valence-electron chi connectivity index (χ2n) is 10.2. The number of ketones is 1. The molecule has 34 heavy (non-hydrogen) atoms. The van der Waals surface area contributed by atoms with Crippen molar-refractivity contribution in [1.82, 2.24) is 4.98 Å². The van der Waals surface area contributed by atoms with Gasteiger partial charge in [-0.3, -0.25) is 9.59 Å². The minimum Gasteiger partial charge on any atom is -0.458 e. The lowest BCUT2D eigenvalue weighted by Gasteiger charge is -2.34. The highest BCUT2D eigenvalue weighted by Gasteiger charge is 2.44. The second-order valence-corrected chi connectivity index (χ2v) is 11.3. The molecular formula is C25H37NO7S. The summed E-state index contributed by atoms with van der Waals surface area (Å²) in [6.45, 7) is 11.1. The Bertz CT molecular complexity index is 911. The highest BCUT2D eigenvalue weighted by molar-refractivity contribution is 7.09. The molecule has 1 aromatic rings. The van der Waals surface area contributed by atoms with E-state index in [1.165, 1.54) is 0 Å². The van der Waals surface area contributed by atoms with Crippen molar-refractivity contribution < 1.29 is 34.0 Å². The number of aliphatic hydroxyl groups excluding tert-OH is 2. The molecule has 1 aromatic heterocycles. The number of ether oxygens (including phenoxy) is 3. The van der Waals surface area contributed by atoms with Crippen LogP contribution in [-0.4, -0.2) is 70.7 Å². The highest BCUT2D eigenvalue weighted by atomic mass is 32.1. The van der Waals surface area contributed by atoms with Gasteiger partial charge in [0, 0.05) is 23.6 Å². The first-order chi connectivity index (χ1) is 15.9. The van der Waals surface area contributed by atoms with Crippen LogP contribution >= 0.6 is 11.3 Å². The number of nitrogens with zero attached hydrogens (tertiary/aromatic N) is 1. The molecule has 3 heterocycles. The van der Waals surface area contributed by atoms with E-state index in [1.807, 2.05) is 32.2 Å². The van der Waals surface area contributed by atoms with Crippen molar-refractivity contribution in [2.24, 2.45) is 17.3 Å². The number of Topliss-reactive ketones (excluding diaryl/α,β-unsaturated/α-hetero) is 1. The van der Waals surface area contributed by atoms with E-state index >= 15 is 0 Å². The smallest absolute Gasteiger partial charge is 0.309 e. The Morgan fingerprint density at radius 1 is 1.21 bits per heavy atom. The van der Waals surface area contributed by atoms with Gasteiger partial charge in [0.2, 0.25) is 0 Å². The molecule has 2 N–H and O–H groups in total. The molecule has 0 unspecified atom stereocenters. The summed E-state index contributed by atoms with van der Waals surface area (Å²) in [5.74, 6) is -1.91. The van der Waals surface area contributed by atoms with E-state index in [2.05, 4.69) is 4.98 Å². The molecule has 0 aromatic carbocycles. The summed E-state index contributed by atoms with van der Waals surface area (Å²) >= 11 is 1.54. The zero-order chi connectivity index (χ0) is 25.2. The lowest BCUT2D eigenvalue weighted by atomic mass is 9.73. The van der Waals surface area contributed by atoms with E-state index in [9.17, 15) is 19.8 Å². The Hall–Kier alpha value is -1.65. The van der Waals surface area contributed by atoms with Gasteiger partial charge >= 0.3 is 5.97 Å². The van der Waals surface area contributed by atoms with Gasteiger partial charge in [-0.25, -0.2) is 4.98 Å². The normalized spacial score (nSPS) is 36.0. The van der Waals surface area contributed by atoms with Crippen LogP contribution in [0.1, 0.15) is 58.2 Å². The summed E-state index contributed by atoms with van der Waals surface area (Å²) in [7, 11) is 0. The summed E-state index contributed by atoms with van der Waals surface area (Å²) in [5.41, 5.74) is 0.387. The number of rotatable bonds is 2. The fourth-order valence-corrected chi connectivity index (χ4v) is 4.90. The zero-order valence-corrected chi connectivity index (χ0v) is 21.6. The minimum atomic E-state index is -1.25. The van der Waals surface area contributed by atoms with E-state index in [1.54, 1.807) is 32.1 Å². The van der Waals surface area contributed by atoms with Crippen LogP contribution in [-0.2, 0) is 23.8 Å². The van der Waals surface area contributed by atoms with Crippen molar-refractivity contribution >= 4 is 29.2 Å². The summed E-state index contributed by atoms with van der Waals surface area (Å²) in [6.07, 6.45) is -0.942. The van der Waals surface area contributed by atoms with Gasteiger partial charge in [0.05, 0.1) is 54.1 Å². The Balaban J connectivity index is 1.81. The maximum atomic E-state index is 13.1. The van der Waals surface area contributed by atoms with Gasteiger partial charge in [0.15, 0.2) is 0 Å². The monoisotopic (exact) mass is 495 g/mol. The summed E-state index contributed by atoms with van der Waals surface area (Å²) < 4.78 is 17.3. The lowest BCUT2D eigenvalue weighted by molar-refractivity contribution is -0.154. The number of thiazole rings is 1. The molecule has 190 valence electrons. The molecule has 9 heteroatoms. The van der Waals surface area contributed by atoms with Gasteiger partial charge < -0.3 is 24.4 Å². The maximum absolute atomic E-state index is 13.1. The predicted octanol–water partition coefficient (Wildman–Crippen LogP) is 2.93. The van der Waals surface area contributed by atoms with Gasteiger partial charge in [-0.1, -0.05) is 27.7 Å². The van der Waals surface area contributed by atoms with Gasteiger partial charge in [0.25, 0.3) is 0 Å². The third-order valence-corrected chi connectivity index (χ3v) is 7.72. The van der Waals surface area contributed by atoms with Crippen LogP contribution in [0.25, 0.3) is 6.08 Å². The molecule has 3 rings (SSSR count). The number of hydrogen-bond acceptors (Lipinski definition) is 9. The number of fused-ring (bicyclic) bond motifs is 1. The molecule has 0 spiro atoms. The first-order valence-electron chi connectivity index (χ1n) is 11.8. The van der Waals surface area contributed by atoms with E-state index in [0.29, 0.717) is 13.0 Å². The molecule has 0 saturated carbocycles. The van der Waals surface area contributed by atoms with Gasteiger partial charge in [-0.2, -0.15) is 0 Å². The number of carbonyl (C=O) groups is 2. The third kappa shape index (κ3) is 6.51. The van der Waals surface area contributed by atoms with Crippen molar-refractivity contribution in [2.45, 2.75) is 84.9 Å². The quantitative estimate of drug-likeness (QED) is 0.475. The number of aryl methyl sites for hydroxylation is 1. The lowest BCUT2D eigenvalue weighted by Crippen LogP contribution is -2.46. The van der Waals surface area contributed by atoms with Gasteiger partial charge in [0.1, 0.15) is 18.0 Å². The number of carbonyl (C=O) groups excluding carboxylic acids is 2. The molecule has 0 amide bonds. The van der Waals surface area contributed by atoms with Gasteiger partial charge in [-0.15, -0.1) is 11.3 Å². The molecule has 2 aliphatic heterocycles. The van der Waals surface area contributed by atoms with E-state index in [4.69, 9.17) is 14.2 Å². The molecule has 2 fully saturated rings. The maximum Gasteiger partial charge on any atom is 0.309 e. The number of esters is 1. The average Bonchev–Trinajstić information content (AvgIpc) is 3.38. The van der Waals surface area contributed by atoms with Crippen LogP contribution in [0, 0.1) is 24.2 Å². The number of aliphatic hydroxyl groups is 2. The third-order valence-electron chi connectivity index (χ3n) is 6.93.